The van der Waals surface area contributed by atoms with Crippen LogP contribution in [0.4, 0.5) is 0 Å². The third-order valence-electron chi connectivity index (χ3n) is 9.68. The van der Waals surface area contributed by atoms with E-state index in [0.29, 0.717) is 34.5 Å². The lowest BCUT2D eigenvalue weighted by molar-refractivity contribution is 0.224. The fraction of sp³-hybridized carbons (Fsp3) is 0.351. The molecule has 8 nitrogen and oxygen atoms in total. The highest BCUT2D eigenvalue weighted by molar-refractivity contribution is 5.62. The minimum atomic E-state index is 0.00569. The first-order valence-corrected chi connectivity index (χ1v) is 15.5. The number of nitrogens with zero attached hydrogens (tertiary/aromatic N) is 2. The van der Waals surface area contributed by atoms with Crippen molar-refractivity contribution in [2.75, 3.05) is 48.5 Å². The summed E-state index contributed by atoms with van der Waals surface area (Å²) in [6, 6.07) is 20.7. The molecule has 0 spiro atoms. The van der Waals surface area contributed by atoms with E-state index < -0.39 is 0 Å². The van der Waals surface area contributed by atoms with Gasteiger partial charge in [-0.3, -0.25) is 9.80 Å². The number of fused-ring (bicyclic) bond motifs is 2. The lowest BCUT2D eigenvalue weighted by Crippen LogP contribution is -2.34. The number of phenols is 1. The SMILES string of the molecule is COc1ccc2cc1Oc1ccc(cc1)C[C@H]1c3cc(OC)c(O)c(c3CCN1C)Oc1cc3c(cc1OC)CCN(C)[C@H]3C2. The first kappa shape index (κ1) is 29.3. The van der Waals surface area contributed by atoms with Crippen LogP contribution < -0.4 is 23.7 Å². The zero-order chi connectivity index (χ0) is 31.2. The van der Waals surface area contributed by atoms with Crippen molar-refractivity contribution in [2.45, 2.75) is 37.8 Å². The Balaban J connectivity index is 1.44. The monoisotopic (exact) mass is 608 g/mol. The number of rotatable bonds is 3. The predicted molar refractivity (Wildman–Crippen MR) is 173 cm³/mol. The molecule has 2 atom stereocenters. The summed E-state index contributed by atoms with van der Waals surface area (Å²) >= 11 is 0. The topological polar surface area (TPSA) is 72.9 Å². The number of likely N-dealkylation sites (N-methyl/N-ethyl adjacent to an activating group) is 2. The van der Waals surface area contributed by atoms with Gasteiger partial charge in [0.15, 0.2) is 34.5 Å². The second kappa shape index (κ2) is 11.8. The second-order valence-corrected chi connectivity index (χ2v) is 12.3. The molecule has 0 aromatic heterocycles. The van der Waals surface area contributed by atoms with Crippen molar-refractivity contribution in [2.24, 2.45) is 0 Å². The Labute approximate surface area is 264 Å². The van der Waals surface area contributed by atoms with Gasteiger partial charge in [0.1, 0.15) is 5.75 Å². The smallest absolute Gasteiger partial charge is 0.201 e. The molecule has 4 aromatic rings. The van der Waals surface area contributed by atoms with Crippen LogP contribution in [0, 0.1) is 0 Å². The van der Waals surface area contributed by atoms with Gasteiger partial charge in [-0.15, -0.1) is 0 Å². The molecule has 0 saturated heterocycles. The molecule has 0 amide bonds. The zero-order valence-corrected chi connectivity index (χ0v) is 26.6. The molecule has 0 fully saturated rings. The normalized spacial score (nSPS) is 19.4. The highest BCUT2D eigenvalue weighted by Crippen LogP contribution is 2.50. The van der Waals surface area contributed by atoms with Crippen molar-refractivity contribution in [3.05, 3.63) is 94.0 Å². The average Bonchev–Trinajstić information content (AvgIpc) is 3.05. The number of benzene rings is 4. The number of hydrogen-bond acceptors (Lipinski definition) is 8. The van der Waals surface area contributed by atoms with Gasteiger partial charge < -0.3 is 28.8 Å². The predicted octanol–water partition coefficient (Wildman–Crippen LogP) is 6.86. The van der Waals surface area contributed by atoms with Crippen molar-refractivity contribution < 1.29 is 28.8 Å². The molecular formula is C37H40N2O6. The van der Waals surface area contributed by atoms with Gasteiger partial charge in [0.25, 0.3) is 0 Å². The van der Waals surface area contributed by atoms with Gasteiger partial charge in [-0.2, -0.15) is 0 Å². The summed E-state index contributed by atoms with van der Waals surface area (Å²) in [5, 5.41) is 11.5. The highest BCUT2D eigenvalue weighted by atomic mass is 16.5. The molecule has 10 bridgehead atoms. The summed E-state index contributed by atoms with van der Waals surface area (Å²) in [4.78, 5) is 4.74. The summed E-state index contributed by atoms with van der Waals surface area (Å²) in [6.45, 7) is 1.75. The van der Waals surface area contributed by atoms with E-state index in [-0.39, 0.29) is 17.8 Å². The van der Waals surface area contributed by atoms with Crippen LogP contribution in [-0.2, 0) is 25.7 Å². The molecule has 1 N–H and O–H groups in total. The summed E-state index contributed by atoms with van der Waals surface area (Å²) < 4.78 is 30.4. The molecular weight excluding hydrogens is 568 g/mol. The zero-order valence-electron chi connectivity index (χ0n) is 26.6. The molecule has 0 unspecified atom stereocenters. The van der Waals surface area contributed by atoms with Crippen LogP contribution in [0.15, 0.2) is 60.7 Å². The maximum Gasteiger partial charge on any atom is 0.201 e. The number of methoxy groups -OCH3 is 3. The standard InChI is InChI=1S/C37H40N2O6/c1-38-14-12-24-19-32(42-4)34-20-27(24)29(38)17-23-8-11-31(41-3)33(18-23)44-25-9-6-22(7-10-25)16-30-28-21-35(43-5)36(40)37(45-34)26(28)13-15-39(30)2/h6-11,18-21,29-30,40H,12-17H2,1-5H3/t29-,30-/m0/s1. The molecule has 234 valence electrons. The van der Waals surface area contributed by atoms with E-state index in [9.17, 15) is 5.11 Å². The van der Waals surface area contributed by atoms with Gasteiger partial charge in [0.05, 0.1) is 21.3 Å². The van der Waals surface area contributed by atoms with Crippen molar-refractivity contribution in [1.82, 2.24) is 9.80 Å². The average molecular weight is 609 g/mol. The molecule has 8 heteroatoms. The van der Waals surface area contributed by atoms with Crippen LogP contribution in [-0.4, -0.2) is 63.4 Å². The number of hydrogen-bond donors (Lipinski definition) is 1. The van der Waals surface area contributed by atoms with Gasteiger partial charge in [-0.25, -0.2) is 0 Å². The number of aromatic hydroxyl groups is 1. The summed E-state index contributed by atoms with van der Waals surface area (Å²) in [5.74, 6) is 4.18. The molecule has 0 aliphatic carbocycles. The van der Waals surface area contributed by atoms with Crippen molar-refractivity contribution >= 4 is 0 Å². The maximum atomic E-state index is 11.5. The van der Waals surface area contributed by atoms with E-state index in [2.05, 4.69) is 60.3 Å². The van der Waals surface area contributed by atoms with E-state index in [1.807, 2.05) is 24.3 Å². The van der Waals surface area contributed by atoms with Gasteiger partial charge in [0.2, 0.25) is 5.75 Å². The molecule has 8 rings (SSSR count). The van der Waals surface area contributed by atoms with Crippen LogP contribution >= 0.6 is 0 Å². The third kappa shape index (κ3) is 5.32. The molecule has 4 aliphatic heterocycles. The first-order valence-electron chi connectivity index (χ1n) is 15.5. The molecule has 4 aliphatic rings. The van der Waals surface area contributed by atoms with E-state index in [4.69, 9.17) is 23.7 Å². The van der Waals surface area contributed by atoms with Crippen molar-refractivity contribution in [3.8, 4) is 46.0 Å². The molecule has 45 heavy (non-hydrogen) atoms. The lowest BCUT2D eigenvalue weighted by atomic mass is 9.87. The minimum Gasteiger partial charge on any atom is -0.502 e. The minimum absolute atomic E-state index is 0.00569. The van der Waals surface area contributed by atoms with E-state index in [0.717, 1.165) is 61.2 Å². The number of ether oxygens (including phenoxy) is 5. The van der Waals surface area contributed by atoms with Crippen LogP contribution in [0.1, 0.15) is 45.5 Å². The Hall–Kier alpha value is -4.40. The highest BCUT2D eigenvalue weighted by Gasteiger charge is 2.33. The Morgan fingerprint density at radius 1 is 0.667 bits per heavy atom. The largest absolute Gasteiger partial charge is 0.502 e. The number of phenolic OH excluding ortho intramolecular Hbond substituents is 1. The molecule has 0 saturated carbocycles. The fourth-order valence-corrected chi connectivity index (χ4v) is 7.10. The van der Waals surface area contributed by atoms with Crippen LogP contribution in [0.5, 0.6) is 46.0 Å². The second-order valence-electron chi connectivity index (χ2n) is 12.3. The molecule has 4 heterocycles. The van der Waals surface area contributed by atoms with Crippen molar-refractivity contribution in [1.29, 1.82) is 0 Å². The van der Waals surface area contributed by atoms with E-state index in [1.165, 1.54) is 16.7 Å². The van der Waals surface area contributed by atoms with Gasteiger partial charge in [-0.05, 0) is 110 Å². The summed E-state index contributed by atoms with van der Waals surface area (Å²) in [5.41, 5.74) is 6.80. The summed E-state index contributed by atoms with van der Waals surface area (Å²) in [6.07, 6.45) is 3.17. The van der Waals surface area contributed by atoms with Gasteiger partial charge >= 0.3 is 0 Å². The molecule has 4 aromatic carbocycles. The Morgan fingerprint density at radius 3 is 2.04 bits per heavy atom. The van der Waals surface area contributed by atoms with E-state index in [1.54, 1.807) is 21.3 Å². The lowest BCUT2D eigenvalue weighted by Gasteiger charge is -2.37. The fourth-order valence-electron chi connectivity index (χ4n) is 7.10. The van der Waals surface area contributed by atoms with E-state index >= 15 is 0 Å². The van der Waals surface area contributed by atoms with Crippen LogP contribution in [0.2, 0.25) is 0 Å². The molecule has 0 radical (unpaired) electrons. The summed E-state index contributed by atoms with van der Waals surface area (Å²) in [7, 11) is 9.22. The quantitative estimate of drug-likeness (QED) is 0.271. The maximum absolute atomic E-state index is 11.5. The Morgan fingerprint density at radius 2 is 1.31 bits per heavy atom. The van der Waals surface area contributed by atoms with Crippen LogP contribution in [0.3, 0.4) is 0 Å². The first-order chi connectivity index (χ1) is 21.9. The van der Waals surface area contributed by atoms with Crippen molar-refractivity contribution in [3.63, 3.8) is 0 Å². The van der Waals surface area contributed by atoms with Crippen LogP contribution in [0.25, 0.3) is 0 Å². The Bertz CT molecular complexity index is 1740. The Kier molecular flexibility index (Phi) is 7.71. The van der Waals surface area contributed by atoms with Gasteiger partial charge in [-0.1, -0.05) is 18.2 Å². The van der Waals surface area contributed by atoms with Gasteiger partial charge in [0, 0.05) is 30.7 Å². The third-order valence-corrected chi connectivity index (χ3v) is 9.68.